The molecule has 2 aromatic carbocycles. The minimum absolute atomic E-state index is 0.0414. The second kappa shape index (κ2) is 10.2. The lowest BCUT2D eigenvalue weighted by molar-refractivity contribution is -0.123. The van der Waals surface area contributed by atoms with Crippen molar-refractivity contribution >= 4 is 5.91 Å². The molecule has 30 heavy (non-hydrogen) atoms. The van der Waals surface area contributed by atoms with Crippen molar-refractivity contribution in [2.24, 2.45) is 0 Å². The summed E-state index contributed by atoms with van der Waals surface area (Å²) in [6.45, 7) is 4.55. The number of aryl methyl sites for hydroxylation is 2. The van der Waals surface area contributed by atoms with Gasteiger partial charge in [-0.2, -0.15) is 0 Å². The highest BCUT2D eigenvalue weighted by molar-refractivity contribution is 5.77. The van der Waals surface area contributed by atoms with Crippen molar-refractivity contribution in [3.8, 4) is 28.6 Å². The molecule has 0 radical (unpaired) electrons. The maximum Gasteiger partial charge on any atom is 0.258 e. The Bertz CT molecular complexity index is 973. The van der Waals surface area contributed by atoms with Crippen LogP contribution in [0.25, 0.3) is 11.3 Å². The molecule has 1 heterocycles. The molecule has 0 unspecified atom stereocenters. The minimum atomic E-state index is -0.209. The van der Waals surface area contributed by atoms with Gasteiger partial charge in [-0.15, -0.1) is 10.2 Å². The summed E-state index contributed by atoms with van der Waals surface area (Å²) in [6, 6.07) is 17.0. The summed E-state index contributed by atoms with van der Waals surface area (Å²) >= 11 is 0. The van der Waals surface area contributed by atoms with Crippen LogP contribution in [0.2, 0.25) is 0 Å². The van der Waals surface area contributed by atoms with Crippen LogP contribution in [0.15, 0.2) is 54.6 Å². The maximum atomic E-state index is 11.9. The zero-order chi connectivity index (χ0) is 21.3. The molecule has 7 heteroatoms. The number of methoxy groups -OCH3 is 1. The first-order valence-corrected chi connectivity index (χ1v) is 9.63. The topological polar surface area (TPSA) is 82.6 Å². The van der Waals surface area contributed by atoms with Crippen LogP contribution >= 0.6 is 0 Å². The van der Waals surface area contributed by atoms with Crippen LogP contribution in [0.3, 0.4) is 0 Å². The summed E-state index contributed by atoms with van der Waals surface area (Å²) in [5.74, 6) is 1.68. The van der Waals surface area contributed by atoms with E-state index < -0.39 is 0 Å². The van der Waals surface area contributed by atoms with Crippen LogP contribution in [-0.2, 0) is 4.79 Å². The first-order chi connectivity index (χ1) is 14.5. The third-order valence-electron chi connectivity index (χ3n) is 4.39. The van der Waals surface area contributed by atoms with E-state index in [2.05, 4.69) is 15.5 Å². The first-order valence-electron chi connectivity index (χ1n) is 9.63. The lowest BCUT2D eigenvalue weighted by Gasteiger charge is -2.10. The molecule has 1 amide bonds. The van der Waals surface area contributed by atoms with Gasteiger partial charge in [0.1, 0.15) is 18.1 Å². The van der Waals surface area contributed by atoms with E-state index in [9.17, 15) is 4.79 Å². The van der Waals surface area contributed by atoms with Gasteiger partial charge in [-0.3, -0.25) is 4.79 Å². The summed E-state index contributed by atoms with van der Waals surface area (Å²) in [5.41, 5.74) is 3.83. The third-order valence-corrected chi connectivity index (χ3v) is 4.39. The fourth-order valence-electron chi connectivity index (χ4n) is 2.81. The molecule has 1 N–H and O–H groups in total. The number of hydrogen-bond donors (Lipinski definition) is 1. The number of ether oxygens (including phenoxy) is 3. The van der Waals surface area contributed by atoms with Crippen molar-refractivity contribution in [2.75, 3.05) is 26.9 Å². The van der Waals surface area contributed by atoms with Crippen molar-refractivity contribution in [1.82, 2.24) is 15.5 Å². The smallest absolute Gasteiger partial charge is 0.258 e. The van der Waals surface area contributed by atoms with Gasteiger partial charge in [-0.1, -0.05) is 17.7 Å². The quantitative estimate of drug-likeness (QED) is 0.548. The predicted molar refractivity (Wildman–Crippen MR) is 114 cm³/mol. The van der Waals surface area contributed by atoms with Gasteiger partial charge in [0.2, 0.25) is 5.88 Å². The Morgan fingerprint density at radius 3 is 2.43 bits per heavy atom. The van der Waals surface area contributed by atoms with E-state index in [1.807, 2.05) is 62.4 Å². The van der Waals surface area contributed by atoms with Crippen molar-refractivity contribution in [2.45, 2.75) is 13.8 Å². The maximum absolute atomic E-state index is 11.9. The molecule has 0 spiro atoms. The van der Waals surface area contributed by atoms with Gasteiger partial charge in [0.25, 0.3) is 5.91 Å². The molecule has 0 saturated carbocycles. The number of nitrogens with one attached hydrogen (secondary N) is 1. The Morgan fingerprint density at radius 1 is 0.967 bits per heavy atom. The minimum Gasteiger partial charge on any atom is -0.497 e. The van der Waals surface area contributed by atoms with Crippen molar-refractivity contribution in [1.29, 1.82) is 0 Å². The standard InChI is InChI=1S/C23H25N3O4/c1-16-4-10-21(17(2)14-16)30-15-22(27)24-12-13-29-23-11-9-20(25-26-23)18-5-7-19(28-3)8-6-18/h4-11,14H,12-13,15H2,1-3H3,(H,24,27). The van der Waals surface area contributed by atoms with Gasteiger partial charge in [0, 0.05) is 11.6 Å². The molecule has 0 aliphatic heterocycles. The highest BCUT2D eigenvalue weighted by Crippen LogP contribution is 2.21. The number of benzene rings is 2. The van der Waals surface area contributed by atoms with E-state index in [0.717, 1.165) is 28.1 Å². The summed E-state index contributed by atoms with van der Waals surface area (Å²) < 4.78 is 16.2. The molecule has 3 rings (SSSR count). The van der Waals surface area contributed by atoms with Crippen LogP contribution in [0.4, 0.5) is 0 Å². The number of carbonyl (C=O) groups is 1. The van der Waals surface area contributed by atoms with E-state index in [4.69, 9.17) is 14.2 Å². The zero-order valence-electron chi connectivity index (χ0n) is 17.3. The molecule has 0 bridgehead atoms. The van der Waals surface area contributed by atoms with Gasteiger partial charge in [0.05, 0.1) is 19.3 Å². The number of hydrogen-bond acceptors (Lipinski definition) is 6. The Morgan fingerprint density at radius 2 is 1.77 bits per heavy atom. The summed E-state index contributed by atoms with van der Waals surface area (Å²) in [4.78, 5) is 11.9. The molecule has 0 aliphatic rings. The first kappa shape index (κ1) is 21.1. The normalized spacial score (nSPS) is 10.4. The molecule has 7 nitrogen and oxygen atoms in total. The average molecular weight is 407 g/mol. The SMILES string of the molecule is COc1ccc(-c2ccc(OCCNC(=O)COc3ccc(C)cc3C)nn2)cc1. The van der Waals surface area contributed by atoms with Crippen LogP contribution in [-0.4, -0.2) is 43.0 Å². The Labute approximate surface area is 176 Å². The van der Waals surface area contributed by atoms with Gasteiger partial charge < -0.3 is 19.5 Å². The van der Waals surface area contributed by atoms with Crippen molar-refractivity contribution < 1.29 is 19.0 Å². The van der Waals surface area contributed by atoms with Gasteiger partial charge >= 0.3 is 0 Å². The number of rotatable bonds is 9. The van der Waals surface area contributed by atoms with Crippen LogP contribution in [0.5, 0.6) is 17.4 Å². The lowest BCUT2D eigenvalue weighted by Crippen LogP contribution is -2.32. The molecular formula is C23H25N3O4. The second-order valence-electron chi connectivity index (χ2n) is 6.74. The fraction of sp³-hybridized carbons (Fsp3) is 0.261. The van der Waals surface area contributed by atoms with Crippen molar-refractivity contribution in [3.05, 3.63) is 65.7 Å². The molecule has 3 aromatic rings. The summed E-state index contributed by atoms with van der Waals surface area (Å²) in [7, 11) is 1.63. The number of aromatic nitrogens is 2. The van der Waals surface area contributed by atoms with Crippen LogP contribution < -0.4 is 19.5 Å². The largest absolute Gasteiger partial charge is 0.497 e. The Kier molecular flexibility index (Phi) is 7.21. The van der Waals surface area contributed by atoms with Crippen LogP contribution in [0, 0.1) is 13.8 Å². The van der Waals surface area contributed by atoms with Gasteiger partial charge in [0.15, 0.2) is 6.61 Å². The van der Waals surface area contributed by atoms with Crippen molar-refractivity contribution in [3.63, 3.8) is 0 Å². The molecular weight excluding hydrogens is 382 g/mol. The van der Waals surface area contributed by atoms with E-state index in [1.54, 1.807) is 13.2 Å². The molecule has 0 saturated heterocycles. The fourth-order valence-corrected chi connectivity index (χ4v) is 2.81. The Balaban J connectivity index is 1.39. The van der Waals surface area contributed by atoms with E-state index in [-0.39, 0.29) is 19.1 Å². The summed E-state index contributed by atoms with van der Waals surface area (Å²) in [5, 5.41) is 11.0. The van der Waals surface area contributed by atoms with E-state index in [0.29, 0.717) is 18.2 Å². The lowest BCUT2D eigenvalue weighted by atomic mass is 10.1. The third kappa shape index (κ3) is 5.94. The number of carbonyl (C=O) groups excluding carboxylic acids is 1. The predicted octanol–water partition coefficient (Wildman–Crippen LogP) is 3.34. The monoisotopic (exact) mass is 407 g/mol. The van der Waals surface area contributed by atoms with Crippen LogP contribution in [0.1, 0.15) is 11.1 Å². The molecule has 156 valence electrons. The zero-order valence-corrected chi connectivity index (χ0v) is 17.3. The van der Waals surface area contributed by atoms with Gasteiger partial charge in [-0.25, -0.2) is 0 Å². The molecule has 0 fully saturated rings. The molecule has 1 aromatic heterocycles. The van der Waals surface area contributed by atoms with E-state index >= 15 is 0 Å². The number of nitrogens with zero attached hydrogens (tertiary/aromatic N) is 2. The van der Waals surface area contributed by atoms with Gasteiger partial charge in [-0.05, 0) is 55.8 Å². The average Bonchev–Trinajstić information content (AvgIpc) is 2.76. The second-order valence-corrected chi connectivity index (χ2v) is 6.74. The summed E-state index contributed by atoms with van der Waals surface area (Å²) in [6.07, 6.45) is 0. The molecule has 0 aliphatic carbocycles. The Hall–Kier alpha value is -3.61. The number of amides is 1. The highest BCUT2D eigenvalue weighted by Gasteiger charge is 2.06. The highest BCUT2D eigenvalue weighted by atomic mass is 16.5. The van der Waals surface area contributed by atoms with E-state index in [1.165, 1.54) is 0 Å². The molecule has 0 atom stereocenters.